The van der Waals surface area contributed by atoms with Crippen LogP contribution in [0.25, 0.3) is 0 Å². The predicted octanol–water partition coefficient (Wildman–Crippen LogP) is 2.35. The van der Waals surface area contributed by atoms with E-state index in [1.807, 2.05) is 13.8 Å². The van der Waals surface area contributed by atoms with Crippen LogP contribution in [-0.2, 0) is 9.53 Å². The van der Waals surface area contributed by atoms with Crippen molar-refractivity contribution in [3.8, 4) is 0 Å². The highest BCUT2D eigenvalue weighted by Gasteiger charge is 2.10. The molecule has 0 fully saturated rings. The maximum absolute atomic E-state index is 11.2. The molecule has 0 aliphatic rings. The molecule has 0 rings (SSSR count). The van der Waals surface area contributed by atoms with Gasteiger partial charge in [0.25, 0.3) is 0 Å². The third kappa shape index (κ3) is 7.37. The highest BCUT2D eigenvalue weighted by molar-refractivity contribution is 5.69. The van der Waals surface area contributed by atoms with Crippen LogP contribution in [0, 0.1) is 5.92 Å². The minimum absolute atomic E-state index is 0.109. The first-order chi connectivity index (χ1) is 7.13. The van der Waals surface area contributed by atoms with Gasteiger partial charge in [0.2, 0.25) is 0 Å². The summed E-state index contributed by atoms with van der Waals surface area (Å²) in [4.78, 5) is 11.2. The molecule has 0 aliphatic carbocycles. The second-order valence-electron chi connectivity index (χ2n) is 4.00. The minimum atomic E-state index is -0.109. The van der Waals surface area contributed by atoms with Gasteiger partial charge >= 0.3 is 5.97 Å². The lowest BCUT2D eigenvalue weighted by atomic mass is 10.0. The van der Waals surface area contributed by atoms with Crippen molar-refractivity contribution in [2.45, 2.75) is 53.0 Å². The number of carbonyl (C=O) groups excluding carboxylic acids is 1. The predicted molar refractivity (Wildman–Crippen MR) is 62.8 cm³/mol. The van der Waals surface area contributed by atoms with Crippen molar-refractivity contribution >= 4 is 5.97 Å². The lowest BCUT2D eigenvalue weighted by Gasteiger charge is -2.17. The van der Waals surface area contributed by atoms with E-state index in [9.17, 15) is 4.79 Å². The molecule has 0 heterocycles. The average molecular weight is 215 g/mol. The van der Waals surface area contributed by atoms with Crippen LogP contribution in [0.5, 0.6) is 0 Å². The molecule has 0 radical (unpaired) electrons. The zero-order valence-electron chi connectivity index (χ0n) is 10.5. The van der Waals surface area contributed by atoms with Crippen molar-refractivity contribution in [2.24, 2.45) is 5.92 Å². The van der Waals surface area contributed by atoms with Gasteiger partial charge in [0.15, 0.2) is 0 Å². The van der Waals surface area contributed by atoms with Gasteiger partial charge in [-0.15, -0.1) is 0 Å². The zero-order valence-corrected chi connectivity index (χ0v) is 10.5. The van der Waals surface area contributed by atoms with Gasteiger partial charge in [0.1, 0.15) is 0 Å². The monoisotopic (exact) mass is 215 g/mol. The maximum Gasteiger partial charge on any atom is 0.307 e. The van der Waals surface area contributed by atoms with Crippen LogP contribution >= 0.6 is 0 Å². The van der Waals surface area contributed by atoms with Gasteiger partial charge in [-0.3, -0.25) is 4.79 Å². The van der Waals surface area contributed by atoms with Crippen LogP contribution < -0.4 is 5.32 Å². The summed E-state index contributed by atoms with van der Waals surface area (Å²) in [5.41, 5.74) is 0. The van der Waals surface area contributed by atoms with Crippen LogP contribution in [0.3, 0.4) is 0 Å². The summed E-state index contributed by atoms with van der Waals surface area (Å²) < 4.78 is 4.89. The largest absolute Gasteiger partial charge is 0.466 e. The van der Waals surface area contributed by atoms with E-state index in [2.05, 4.69) is 19.2 Å². The summed E-state index contributed by atoms with van der Waals surface area (Å²) in [6.07, 6.45) is 2.85. The van der Waals surface area contributed by atoms with E-state index in [-0.39, 0.29) is 12.0 Å². The second kappa shape index (κ2) is 8.72. The average Bonchev–Trinajstić information content (AvgIpc) is 2.19. The molecule has 3 nitrogen and oxygen atoms in total. The van der Waals surface area contributed by atoms with Crippen LogP contribution in [0.15, 0.2) is 0 Å². The molecule has 0 bridgehead atoms. The van der Waals surface area contributed by atoms with E-state index in [1.54, 1.807) is 0 Å². The molecule has 1 N–H and O–H groups in total. The number of nitrogens with one attached hydrogen (secondary N) is 1. The number of esters is 1. The Hall–Kier alpha value is -0.570. The summed E-state index contributed by atoms with van der Waals surface area (Å²) in [5.74, 6) is 0.608. The summed E-state index contributed by atoms with van der Waals surface area (Å²) in [6.45, 7) is 9.73. The zero-order chi connectivity index (χ0) is 11.7. The topological polar surface area (TPSA) is 38.3 Å². The molecule has 0 saturated heterocycles. The van der Waals surface area contributed by atoms with E-state index in [0.29, 0.717) is 13.0 Å². The van der Waals surface area contributed by atoms with E-state index in [1.165, 1.54) is 12.8 Å². The fourth-order valence-electron chi connectivity index (χ4n) is 1.49. The van der Waals surface area contributed by atoms with E-state index < -0.39 is 0 Å². The normalized spacial score (nSPS) is 12.9. The molecule has 0 spiro atoms. The first-order valence-electron chi connectivity index (χ1n) is 6.02. The molecule has 0 aromatic carbocycles. The van der Waals surface area contributed by atoms with Crippen molar-refractivity contribution < 1.29 is 9.53 Å². The van der Waals surface area contributed by atoms with Gasteiger partial charge in [-0.25, -0.2) is 0 Å². The molecule has 1 unspecified atom stereocenters. The van der Waals surface area contributed by atoms with Crippen LogP contribution in [-0.4, -0.2) is 25.2 Å². The van der Waals surface area contributed by atoms with Crippen LogP contribution in [0.1, 0.15) is 47.0 Å². The van der Waals surface area contributed by atoms with Gasteiger partial charge in [0.05, 0.1) is 13.0 Å². The lowest BCUT2D eigenvalue weighted by molar-refractivity contribution is -0.143. The Kier molecular flexibility index (Phi) is 8.38. The molecule has 0 aromatic heterocycles. The van der Waals surface area contributed by atoms with Crippen molar-refractivity contribution in [3.63, 3.8) is 0 Å². The minimum Gasteiger partial charge on any atom is -0.466 e. The molecule has 0 saturated carbocycles. The second-order valence-corrected chi connectivity index (χ2v) is 4.00. The van der Waals surface area contributed by atoms with Crippen molar-refractivity contribution in [1.82, 2.24) is 5.32 Å². The summed E-state index contributed by atoms with van der Waals surface area (Å²) in [6, 6.07) is 0.213. The molecule has 15 heavy (non-hydrogen) atoms. The highest BCUT2D eigenvalue weighted by atomic mass is 16.5. The first-order valence-corrected chi connectivity index (χ1v) is 6.02. The van der Waals surface area contributed by atoms with Crippen LogP contribution in [0.2, 0.25) is 0 Å². The Balaban J connectivity index is 3.64. The van der Waals surface area contributed by atoms with E-state index in [4.69, 9.17) is 4.74 Å². The fraction of sp³-hybridized carbons (Fsp3) is 0.917. The van der Waals surface area contributed by atoms with Crippen molar-refractivity contribution in [2.75, 3.05) is 13.2 Å². The Bertz CT molecular complexity index is 167. The maximum atomic E-state index is 11.2. The Morgan fingerprint density at radius 3 is 2.33 bits per heavy atom. The summed E-state index contributed by atoms with van der Waals surface area (Å²) >= 11 is 0. The standard InChI is InChI=1S/C12H25NO2/c1-5-11(6-2)9-13-10(4)8-12(14)15-7-3/h10-11,13H,5-9H2,1-4H3. The van der Waals surface area contributed by atoms with E-state index >= 15 is 0 Å². The lowest BCUT2D eigenvalue weighted by Crippen LogP contribution is -2.33. The molecule has 3 heteroatoms. The third-order valence-electron chi connectivity index (χ3n) is 2.69. The highest BCUT2D eigenvalue weighted by Crippen LogP contribution is 2.06. The smallest absolute Gasteiger partial charge is 0.307 e. The quantitative estimate of drug-likeness (QED) is 0.632. The first kappa shape index (κ1) is 14.4. The molecule has 0 aromatic rings. The third-order valence-corrected chi connectivity index (χ3v) is 2.69. The molecular formula is C12H25NO2. The molecule has 0 aliphatic heterocycles. The molecular weight excluding hydrogens is 190 g/mol. The van der Waals surface area contributed by atoms with Gasteiger partial charge in [0, 0.05) is 6.04 Å². The Morgan fingerprint density at radius 1 is 1.27 bits per heavy atom. The fourth-order valence-corrected chi connectivity index (χ4v) is 1.49. The van der Waals surface area contributed by atoms with Crippen molar-refractivity contribution in [1.29, 1.82) is 0 Å². The summed E-state index contributed by atoms with van der Waals surface area (Å²) in [5, 5.41) is 3.37. The van der Waals surface area contributed by atoms with Gasteiger partial charge < -0.3 is 10.1 Å². The van der Waals surface area contributed by atoms with Gasteiger partial charge in [-0.2, -0.15) is 0 Å². The Labute approximate surface area is 93.6 Å². The molecule has 1 atom stereocenters. The number of carbonyl (C=O) groups is 1. The number of ether oxygens (including phenoxy) is 1. The Morgan fingerprint density at radius 2 is 1.87 bits per heavy atom. The molecule has 90 valence electrons. The number of hydrogen-bond acceptors (Lipinski definition) is 3. The van der Waals surface area contributed by atoms with Gasteiger partial charge in [-0.1, -0.05) is 26.7 Å². The van der Waals surface area contributed by atoms with Gasteiger partial charge in [-0.05, 0) is 26.3 Å². The summed E-state index contributed by atoms with van der Waals surface area (Å²) in [7, 11) is 0. The van der Waals surface area contributed by atoms with Crippen LogP contribution in [0.4, 0.5) is 0 Å². The SMILES string of the molecule is CCOC(=O)CC(C)NCC(CC)CC. The number of hydrogen-bond donors (Lipinski definition) is 1. The van der Waals surface area contributed by atoms with Crippen molar-refractivity contribution in [3.05, 3.63) is 0 Å². The van der Waals surface area contributed by atoms with E-state index in [0.717, 1.165) is 12.5 Å². The number of rotatable bonds is 8. The molecule has 0 amide bonds.